The highest BCUT2D eigenvalue weighted by Crippen LogP contribution is 2.55. The molecule has 1 nitrogen and oxygen atoms in total. The van der Waals surface area contributed by atoms with Crippen molar-refractivity contribution in [3.63, 3.8) is 0 Å². The van der Waals surface area contributed by atoms with Gasteiger partial charge in [-0.3, -0.25) is 0 Å². The Morgan fingerprint density at radius 2 is 0.780 bits per heavy atom. The first-order valence-electron chi connectivity index (χ1n) is 20.9. The third kappa shape index (κ3) is 5.38. The number of benzene rings is 9. The summed E-state index contributed by atoms with van der Waals surface area (Å²) in [5.74, 6) is 0. The van der Waals surface area contributed by atoms with Crippen LogP contribution in [-0.4, -0.2) is 0 Å². The number of fused-ring (bicyclic) bond motifs is 7. The van der Waals surface area contributed by atoms with Gasteiger partial charge in [-0.25, -0.2) is 0 Å². The van der Waals surface area contributed by atoms with Crippen molar-refractivity contribution in [3.05, 3.63) is 222 Å². The van der Waals surface area contributed by atoms with Gasteiger partial charge in [0.2, 0.25) is 0 Å². The van der Waals surface area contributed by atoms with Crippen LogP contribution in [0.25, 0.3) is 66.4 Å². The molecule has 2 aliphatic rings. The molecule has 9 aromatic rings. The van der Waals surface area contributed by atoms with Crippen LogP contribution in [0.2, 0.25) is 0 Å². The summed E-state index contributed by atoms with van der Waals surface area (Å²) in [5, 5.41) is 2.48. The van der Waals surface area contributed by atoms with Crippen LogP contribution < -0.4 is 4.90 Å². The van der Waals surface area contributed by atoms with E-state index in [9.17, 15) is 0 Å². The Morgan fingerprint density at radius 3 is 1.49 bits per heavy atom. The molecule has 0 unspecified atom stereocenters. The van der Waals surface area contributed by atoms with Gasteiger partial charge in [-0.1, -0.05) is 198 Å². The number of anilines is 3. The van der Waals surface area contributed by atoms with Crippen molar-refractivity contribution in [1.29, 1.82) is 0 Å². The van der Waals surface area contributed by atoms with Crippen LogP contribution in [0.4, 0.5) is 17.1 Å². The minimum Gasteiger partial charge on any atom is -0.309 e. The van der Waals surface area contributed by atoms with Crippen molar-refractivity contribution >= 4 is 27.8 Å². The van der Waals surface area contributed by atoms with Gasteiger partial charge in [0.05, 0.1) is 11.4 Å². The second kappa shape index (κ2) is 13.3. The van der Waals surface area contributed by atoms with E-state index in [1.54, 1.807) is 0 Å². The molecular weight excluding hydrogens is 711 g/mol. The summed E-state index contributed by atoms with van der Waals surface area (Å²) in [5.41, 5.74) is 21.4. The van der Waals surface area contributed by atoms with Crippen LogP contribution in [0, 0.1) is 0 Å². The summed E-state index contributed by atoms with van der Waals surface area (Å²) in [7, 11) is 0. The molecule has 0 saturated heterocycles. The van der Waals surface area contributed by atoms with Gasteiger partial charge in [-0.05, 0) is 108 Å². The third-order valence-electron chi connectivity index (χ3n) is 13.3. The van der Waals surface area contributed by atoms with Crippen LogP contribution in [-0.2, 0) is 10.8 Å². The van der Waals surface area contributed by atoms with Crippen LogP contribution >= 0.6 is 0 Å². The molecule has 282 valence electrons. The van der Waals surface area contributed by atoms with Gasteiger partial charge in [-0.15, -0.1) is 0 Å². The predicted molar refractivity (Wildman–Crippen MR) is 250 cm³/mol. The maximum absolute atomic E-state index is 2.49. The van der Waals surface area contributed by atoms with E-state index in [1.165, 1.54) is 88.7 Å². The van der Waals surface area contributed by atoms with Crippen LogP contribution in [0.15, 0.2) is 200 Å². The molecule has 0 saturated carbocycles. The molecule has 0 aliphatic heterocycles. The summed E-state index contributed by atoms with van der Waals surface area (Å²) < 4.78 is 0. The lowest BCUT2D eigenvalue weighted by Gasteiger charge is -2.31. The van der Waals surface area contributed by atoms with Crippen molar-refractivity contribution in [3.8, 4) is 55.6 Å². The molecule has 0 spiro atoms. The normalized spacial score (nSPS) is 14.0. The maximum atomic E-state index is 2.49. The molecule has 1 heteroatoms. The standard InChI is InChI=1S/C58H45N/c1-57(2)51-27-11-7-20-44(51)46-36-33-40(37-53(46)57)38-31-34-41(35-32-38)59(54-29-13-9-22-47(54)43-24-15-18-39-17-5-6-19-42(39)43)55-30-14-10-23-48(55)50-26-16-25-49-45-21-8-12-28-52(45)58(3,4)56(49)50/h5-37H,1-4H3. The molecule has 0 bridgehead atoms. The minimum atomic E-state index is -0.158. The topological polar surface area (TPSA) is 3.24 Å². The van der Waals surface area contributed by atoms with Crippen molar-refractivity contribution in [1.82, 2.24) is 0 Å². The Hall–Kier alpha value is -6.96. The first kappa shape index (κ1) is 35.2. The highest BCUT2D eigenvalue weighted by molar-refractivity contribution is 6.03. The van der Waals surface area contributed by atoms with Gasteiger partial charge < -0.3 is 4.90 Å². The van der Waals surface area contributed by atoms with E-state index in [0.29, 0.717) is 0 Å². The number of hydrogen-bond acceptors (Lipinski definition) is 1. The second-order valence-electron chi connectivity index (χ2n) is 17.3. The van der Waals surface area contributed by atoms with Crippen LogP contribution in [0.5, 0.6) is 0 Å². The quantitative estimate of drug-likeness (QED) is 0.163. The zero-order chi connectivity index (χ0) is 39.9. The fourth-order valence-corrected chi connectivity index (χ4v) is 10.4. The second-order valence-corrected chi connectivity index (χ2v) is 17.3. The molecule has 0 atom stereocenters. The fourth-order valence-electron chi connectivity index (χ4n) is 10.4. The van der Waals surface area contributed by atoms with Crippen molar-refractivity contribution in [2.45, 2.75) is 38.5 Å². The first-order chi connectivity index (χ1) is 28.8. The Bertz CT molecular complexity index is 3100. The summed E-state index contributed by atoms with van der Waals surface area (Å²) >= 11 is 0. The summed E-state index contributed by atoms with van der Waals surface area (Å²) in [6, 6.07) is 74.3. The lowest BCUT2D eigenvalue weighted by Crippen LogP contribution is -2.17. The number of hydrogen-bond donors (Lipinski definition) is 0. The van der Waals surface area contributed by atoms with Gasteiger partial charge in [-0.2, -0.15) is 0 Å². The summed E-state index contributed by atoms with van der Waals surface area (Å²) in [4.78, 5) is 2.49. The minimum absolute atomic E-state index is 0.0543. The molecule has 0 fully saturated rings. The largest absolute Gasteiger partial charge is 0.309 e. The van der Waals surface area contributed by atoms with Crippen LogP contribution in [0.3, 0.4) is 0 Å². The van der Waals surface area contributed by atoms with Crippen molar-refractivity contribution in [2.24, 2.45) is 0 Å². The average Bonchev–Trinajstić information content (AvgIpc) is 3.66. The van der Waals surface area contributed by atoms with Crippen LogP contribution in [0.1, 0.15) is 49.9 Å². The Kier molecular flexibility index (Phi) is 7.94. The van der Waals surface area contributed by atoms with Crippen molar-refractivity contribution < 1.29 is 0 Å². The molecule has 0 heterocycles. The molecule has 0 N–H and O–H groups in total. The van der Waals surface area contributed by atoms with E-state index in [-0.39, 0.29) is 10.8 Å². The van der Waals surface area contributed by atoms with Gasteiger partial charge in [0.15, 0.2) is 0 Å². The van der Waals surface area contributed by atoms with Crippen molar-refractivity contribution in [2.75, 3.05) is 4.90 Å². The molecule has 11 rings (SSSR count). The van der Waals surface area contributed by atoms with E-state index < -0.39 is 0 Å². The zero-order valence-electron chi connectivity index (χ0n) is 34.0. The van der Waals surface area contributed by atoms with Gasteiger partial charge in [0, 0.05) is 27.6 Å². The lowest BCUT2D eigenvalue weighted by atomic mass is 9.78. The summed E-state index contributed by atoms with van der Waals surface area (Å²) in [6.45, 7) is 9.48. The van der Waals surface area contributed by atoms with E-state index in [2.05, 4.69) is 233 Å². The smallest absolute Gasteiger partial charge is 0.0540 e. The number of para-hydroxylation sites is 2. The molecule has 9 aromatic carbocycles. The third-order valence-corrected chi connectivity index (χ3v) is 13.3. The van der Waals surface area contributed by atoms with E-state index in [4.69, 9.17) is 0 Å². The maximum Gasteiger partial charge on any atom is 0.0540 e. The Balaban J connectivity index is 1.10. The van der Waals surface area contributed by atoms with E-state index >= 15 is 0 Å². The highest BCUT2D eigenvalue weighted by atomic mass is 15.1. The predicted octanol–water partition coefficient (Wildman–Crippen LogP) is 15.9. The zero-order valence-corrected chi connectivity index (χ0v) is 34.0. The lowest BCUT2D eigenvalue weighted by molar-refractivity contribution is 0.660. The van der Waals surface area contributed by atoms with Gasteiger partial charge >= 0.3 is 0 Å². The molecule has 0 amide bonds. The van der Waals surface area contributed by atoms with Gasteiger partial charge in [0.1, 0.15) is 0 Å². The molecule has 0 radical (unpaired) electrons. The molecule has 59 heavy (non-hydrogen) atoms. The van der Waals surface area contributed by atoms with E-state index in [0.717, 1.165) is 17.1 Å². The number of nitrogens with zero attached hydrogens (tertiary/aromatic N) is 1. The molecule has 2 aliphatic carbocycles. The average molecular weight is 756 g/mol. The van der Waals surface area contributed by atoms with E-state index in [1.807, 2.05) is 0 Å². The van der Waals surface area contributed by atoms with Gasteiger partial charge in [0.25, 0.3) is 0 Å². The first-order valence-corrected chi connectivity index (χ1v) is 20.9. The summed E-state index contributed by atoms with van der Waals surface area (Å²) in [6.07, 6.45) is 0. The fraction of sp³-hybridized carbons (Fsp3) is 0.103. The molecular formula is C58H45N. The highest BCUT2D eigenvalue weighted by Gasteiger charge is 2.38. The SMILES string of the molecule is CC1(C)c2ccccc2-c2ccc(-c3ccc(N(c4ccccc4-c4cccc5c4C(C)(C)c4ccccc4-5)c4ccccc4-c4cccc5ccccc45)cc3)cc21. The monoisotopic (exact) mass is 755 g/mol. The number of rotatable bonds is 6. The Labute approximate surface area is 347 Å². The molecule has 0 aromatic heterocycles. The Morgan fingerprint density at radius 1 is 0.322 bits per heavy atom.